The van der Waals surface area contributed by atoms with E-state index in [0.29, 0.717) is 22.6 Å². The van der Waals surface area contributed by atoms with Crippen molar-refractivity contribution in [3.05, 3.63) is 115 Å². The minimum absolute atomic E-state index is 0.456. The zero-order valence-electron chi connectivity index (χ0n) is 18.6. The highest BCUT2D eigenvalue weighted by Crippen LogP contribution is 2.38. The van der Waals surface area contributed by atoms with Gasteiger partial charge in [-0.25, -0.2) is 0 Å². The second-order valence-electron chi connectivity index (χ2n) is 8.50. The van der Waals surface area contributed by atoms with Gasteiger partial charge in [0.1, 0.15) is 17.4 Å². The van der Waals surface area contributed by atoms with Crippen molar-refractivity contribution in [3.8, 4) is 23.3 Å². The Hall–Kier alpha value is -5.01. The molecule has 0 aliphatic rings. The molecule has 0 N–H and O–H groups in total. The maximum atomic E-state index is 10.0. The molecule has 0 saturated heterocycles. The van der Waals surface area contributed by atoms with Crippen molar-refractivity contribution in [1.82, 2.24) is 4.57 Å². The molecule has 2 aromatic heterocycles. The van der Waals surface area contributed by atoms with Gasteiger partial charge in [0.25, 0.3) is 0 Å². The van der Waals surface area contributed by atoms with Gasteiger partial charge in [-0.05, 0) is 42.5 Å². The molecule has 4 heteroatoms. The Morgan fingerprint density at radius 2 is 1.29 bits per heavy atom. The van der Waals surface area contributed by atoms with Crippen LogP contribution in [0.2, 0.25) is 0 Å². The third-order valence-electron chi connectivity index (χ3n) is 6.51. The molecular formula is C31H18N2O2. The third-order valence-corrected chi connectivity index (χ3v) is 6.51. The second-order valence-corrected chi connectivity index (χ2v) is 8.50. The number of furan rings is 1. The van der Waals surface area contributed by atoms with E-state index in [0.717, 1.165) is 33.1 Å². The van der Waals surface area contributed by atoms with Crippen LogP contribution in [-0.2, 0) is 0 Å². The van der Waals surface area contributed by atoms with Gasteiger partial charge in [-0.1, -0.05) is 66.7 Å². The number of nitriles is 1. The number of aromatic nitrogens is 1. The standard InChI is InChI=1S/C31H18N2O2/c32-19-20-18-21(33-26-12-4-1-8-22(26)23-9-2-5-13-27(23)33)16-17-28(20)34-30-15-7-11-25-24-10-3-6-14-29(24)35-31(25)30/h1-18H. The Bertz CT molecular complexity index is 1900. The number of fused-ring (bicyclic) bond motifs is 6. The van der Waals surface area contributed by atoms with E-state index in [4.69, 9.17) is 9.15 Å². The number of para-hydroxylation sites is 4. The van der Waals surface area contributed by atoms with Gasteiger partial charge in [0.15, 0.2) is 11.3 Å². The molecule has 7 aromatic rings. The summed E-state index contributed by atoms with van der Waals surface area (Å²) in [7, 11) is 0. The first-order valence-electron chi connectivity index (χ1n) is 11.4. The molecule has 0 spiro atoms. The van der Waals surface area contributed by atoms with Crippen LogP contribution < -0.4 is 4.74 Å². The summed E-state index contributed by atoms with van der Waals surface area (Å²) in [6, 6.07) is 38.5. The van der Waals surface area contributed by atoms with E-state index in [9.17, 15) is 5.26 Å². The highest BCUT2D eigenvalue weighted by Gasteiger charge is 2.16. The zero-order valence-corrected chi connectivity index (χ0v) is 18.6. The molecule has 164 valence electrons. The van der Waals surface area contributed by atoms with E-state index in [1.165, 1.54) is 10.8 Å². The summed E-state index contributed by atoms with van der Waals surface area (Å²) in [5, 5.41) is 14.4. The number of ether oxygens (including phenoxy) is 1. The fourth-order valence-corrected chi connectivity index (χ4v) is 4.95. The van der Waals surface area contributed by atoms with E-state index < -0.39 is 0 Å². The highest BCUT2D eigenvalue weighted by molar-refractivity contribution is 6.09. The van der Waals surface area contributed by atoms with Gasteiger partial charge in [-0.2, -0.15) is 5.26 Å². The number of nitrogens with zero attached hydrogens (tertiary/aromatic N) is 2. The van der Waals surface area contributed by atoms with Crippen molar-refractivity contribution in [2.75, 3.05) is 0 Å². The first kappa shape index (κ1) is 19.5. The Kier molecular flexibility index (Phi) is 4.18. The number of hydrogen-bond acceptors (Lipinski definition) is 3. The predicted molar refractivity (Wildman–Crippen MR) is 139 cm³/mol. The van der Waals surface area contributed by atoms with Crippen molar-refractivity contribution in [1.29, 1.82) is 5.26 Å². The Labute approximate surface area is 200 Å². The molecule has 0 saturated carbocycles. The molecule has 0 amide bonds. The summed E-state index contributed by atoms with van der Waals surface area (Å²) in [5.41, 5.74) is 5.03. The van der Waals surface area contributed by atoms with Crippen LogP contribution in [0.3, 0.4) is 0 Å². The van der Waals surface area contributed by atoms with E-state index in [1.54, 1.807) is 0 Å². The molecule has 0 fully saturated rings. The quantitative estimate of drug-likeness (QED) is 0.272. The molecule has 2 heterocycles. The second kappa shape index (κ2) is 7.51. The zero-order chi connectivity index (χ0) is 23.4. The molecule has 0 radical (unpaired) electrons. The summed E-state index contributed by atoms with van der Waals surface area (Å²) in [4.78, 5) is 0. The van der Waals surface area contributed by atoms with Gasteiger partial charge < -0.3 is 13.7 Å². The van der Waals surface area contributed by atoms with Crippen molar-refractivity contribution in [2.24, 2.45) is 0 Å². The summed E-state index contributed by atoms with van der Waals surface area (Å²) >= 11 is 0. The molecule has 0 unspecified atom stereocenters. The lowest BCUT2D eigenvalue weighted by atomic mass is 10.1. The number of hydrogen-bond donors (Lipinski definition) is 0. The third kappa shape index (κ3) is 2.92. The molecule has 5 aromatic carbocycles. The summed E-state index contributed by atoms with van der Waals surface area (Å²) in [5.74, 6) is 1.07. The van der Waals surface area contributed by atoms with Crippen molar-refractivity contribution >= 4 is 43.7 Å². The first-order valence-corrected chi connectivity index (χ1v) is 11.4. The van der Waals surface area contributed by atoms with Gasteiger partial charge in [-0.15, -0.1) is 0 Å². The lowest BCUT2D eigenvalue weighted by Gasteiger charge is -2.12. The van der Waals surface area contributed by atoms with E-state index in [2.05, 4.69) is 47.0 Å². The lowest BCUT2D eigenvalue weighted by molar-refractivity contribution is 0.475. The van der Waals surface area contributed by atoms with E-state index in [-0.39, 0.29) is 0 Å². The summed E-state index contributed by atoms with van der Waals surface area (Å²) in [6.07, 6.45) is 0. The van der Waals surface area contributed by atoms with Crippen LogP contribution in [0, 0.1) is 11.3 Å². The SMILES string of the molecule is N#Cc1cc(-n2c3ccccc3c3ccccc32)ccc1Oc1cccc2c1oc1ccccc12. The number of rotatable bonds is 3. The molecule has 7 rings (SSSR count). The minimum atomic E-state index is 0.456. The highest BCUT2D eigenvalue weighted by atomic mass is 16.5. The van der Waals surface area contributed by atoms with Crippen molar-refractivity contribution < 1.29 is 9.15 Å². The minimum Gasteiger partial charge on any atom is -0.452 e. The van der Waals surface area contributed by atoms with Crippen LogP contribution in [-0.4, -0.2) is 4.57 Å². The smallest absolute Gasteiger partial charge is 0.177 e. The van der Waals surface area contributed by atoms with Gasteiger partial charge >= 0.3 is 0 Å². The fraction of sp³-hybridized carbons (Fsp3) is 0. The van der Waals surface area contributed by atoms with Crippen LogP contribution in [0.25, 0.3) is 49.4 Å². The normalized spacial score (nSPS) is 11.4. The van der Waals surface area contributed by atoms with E-state index >= 15 is 0 Å². The molecule has 0 atom stereocenters. The van der Waals surface area contributed by atoms with Crippen LogP contribution in [0.15, 0.2) is 114 Å². The topological polar surface area (TPSA) is 51.1 Å². The lowest BCUT2D eigenvalue weighted by Crippen LogP contribution is -1.96. The van der Waals surface area contributed by atoms with Crippen LogP contribution in [0.4, 0.5) is 0 Å². The Balaban J connectivity index is 1.37. The average molecular weight is 450 g/mol. The number of benzene rings is 5. The molecule has 0 aliphatic carbocycles. The Morgan fingerprint density at radius 3 is 2.03 bits per heavy atom. The van der Waals surface area contributed by atoms with Crippen molar-refractivity contribution in [3.63, 3.8) is 0 Å². The van der Waals surface area contributed by atoms with Gasteiger partial charge in [0.2, 0.25) is 0 Å². The van der Waals surface area contributed by atoms with Gasteiger partial charge in [0, 0.05) is 27.2 Å². The van der Waals surface area contributed by atoms with Crippen LogP contribution in [0.5, 0.6) is 11.5 Å². The van der Waals surface area contributed by atoms with Crippen LogP contribution >= 0.6 is 0 Å². The van der Waals surface area contributed by atoms with E-state index in [1.807, 2.05) is 72.8 Å². The van der Waals surface area contributed by atoms with Gasteiger partial charge in [0.05, 0.1) is 16.6 Å². The summed E-state index contributed by atoms with van der Waals surface area (Å²) < 4.78 is 14.6. The predicted octanol–water partition coefficient (Wildman–Crippen LogP) is 8.35. The summed E-state index contributed by atoms with van der Waals surface area (Å²) in [6.45, 7) is 0. The van der Waals surface area contributed by atoms with Gasteiger partial charge in [-0.3, -0.25) is 0 Å². The molecular weight excluding hydrogens is 432 g/mol. The molecule has 35 heavy (non-hydrogen) atoms. The molecule has 0 aliphatic heterocycles. The van der Waals surface area contributed by atoms with Crippen LogP contribution in [0.1, 0.15) is 5.56 Å². The Morgan fingerprint density at radius 1 is 0.629 bits per heavy atom. The molecule has 0 bridgehead atoms. The average Bonchev–Trinajstić information content (AvgIpc) is 3.46. The fourth-order valence-electron chi connectivity index (χ4n) is 4.95. The van der Waals surface area contributed by atoms with Crippen molar-refractivity contribution in [2.45, 2.75) is 0 Å². The largest absolute Gasteiger partial charge is 0.452 e. The first-order chi connectivity index (χ1) is 17.3. The molecule has 4 nitrogen and oxygen atoms in total. The maximum absolute atomic E-state index is 10.0. The monoisotopic (exact) mass is 450 g/mol. The maximum Gasteiger partial charge on any atom is 0.177 e.